The molecular formula is C11H16O2. The van der Waals surface area contributed by atoms with Gasteiger partial charge in [-0.05, 0) is 12.3 Å². The molecule has 2 rings (SSSR count). The fourth-order valence-electron chi connectivity index (χ4n) is 2.70. The van der Waals surface area contributed by atoms with Crippen molar-refractivity contribution in [3.05, 3.63) is 12.2 Å². The highest BCUT2D eigenvalue weighted by Crippen LogP contribution is 2.49. The summed E-state index contributed by atoms with van der Waals surface area (Å²) in [6.07, 6.45) is 5.79. The van der Waals surface area contributed by atoms with Gasteiger partial charge in [0.1, 0.15) is 5.60 Å². The Kier molecular flexibility index (Phi) is 1.60. The molecule has 1 saturated heterocycles. The number of hydrogen-bond donors (Lipinski definition) is 0. The van der Waals surface area contributed by atoms with Crippen LogP contribution in [0.15, 0.2) is 12.2 Å². The summed E-state index contributed by atoms with van der Waals surface area (Å²) in [7, 11) is 0. The molecule has 1 aliphatic carbocycles. The van der Waals surface area contributed by atoms with Gasteiger partial charge >= 0.3 is 5.97 Å². The van der Waals surface area contributed by atoms with Crippen molar-refractivity contribution in [1.82, 2.24) is 0 Å². The maximum absolute atomic E-state index is 11.3. The molecule has 1 heterocycles. The summed E-state index contributed by atoms with van der Waals surface area (Å²) < 4.78 is 5.40. The van der Waals surface area contributed by atoms with E-state index in [4.69, 9.17) is 4.74 Å². The van der Waals surface area contributed by atoms with Crippen LogP contribution in [0.3, 0.4) is 0 Å². The minimum Gasteiger partial charge on any atom is -0.459 e. The molecule has 0 bridgehead atoms. The van der Waals surface area contributed by atoms with Gasteiger partial charge in [0.2, 0.25) is 0 Å². The van der Waals surface area contributed by atoms with Crippen LogP contribution in [0.5, 0.6) is 0 Å². The van der Waals surface area contributed by atoms with E-state index in [-0.39, 0.29) is 17.0 Å². The third-order valence-corrected chi connectivity index (χ3v) is 3.42. The van der Waals surface area contributed by atoms with Crippen LogP contribution in [0.1, 0.15) is 33.6 Å². The van der Waals surface area contributed by atoms with Crippen molar-refractivity contribution in [2.45, 2.75) is 39.2 Å². The third kappa shape index (κ3) is 1.19. The number of allylic oxidation sites excluding steroid dienone is 1. The lowest BCUT2D eigenvalue weighted by Crippen LogP contribution is -2.41. The van der Waals surface area contributed by atoms with E-state index >= 15 is 0 Å². The molecule has 0 amide bonds. The van der Waals surface area contributed by atoms with Gasteiger partial charge in [0, 0.05) is 12.3 Å². The minimum atomic E-state index is -0.241. The van der Waals surface area contributed by atoms with E-state index in [1.807, 2.05) is 6.92 Å². The quantitative estimate of drug-likeness (QED) is 0.422. The number of esters is 1. The maximum atomic E-state index is 11.3. The first kappa shape index (κ1) is 8.79. The summed E-state index contributed by atoms with van der Waals surface area (Å²) in [5.41, 5.74) is -0.144. The van der Waals surface area contributed by atoms with Crippen molar-refractivity contribution in [1.29, 1.82) is 0 Å². The zero-order chi connectivity index (χ0) is 9.69. The van der Waals surface area contributed by atoms with Gasteiger partial charge in [-0.25, -0.2) is 0 Å². The highest BCUT2D eigenvalue weighted by atomic mass is 16.6. The molecule has 1 fully saturated rings. The largest absolute Gasteiger partial charge is 0.459 e. The standard InChI is InChI=1S/C11H16O2/c1-10(2)5-4-6-11(3)8(10)7-9(12)13-11/h4-5,8H,6-7H2,1-3H3. The van der Waals surface area contributed by atoms with Crippen LogP contribution in [0.25, 0.3) is 0 Å². The number of ether oxygens (including phenoxy) is 1. The number of carbonyl (C=O) groups excluding carboxylic acids is 1. The summed E-state index contributed by atoms with van der Waals surface area (Å²) in [6.45, 7) is 6.40. The molecule has 13 heavy (non-hydrogen) atoms. The van der Waals surface area contributed by atoms with Gasteiger partial charge in [-0.3, -0.25) is 4.79 Å². The molecule has 2 nitrogen and oxygen atoms in total. The molecule has 0 aromatic carbocycles. The summed E-state index contributed by atoms with van der Waals surface area (Å²) in [5, 5.41) is 0. The average Bonchev–Trinajstić information content (AvgIpc) is 2.25. The third-order valence-electron chi connectivity index (χ3n) is 3.42. The molecule has 0 radical (unpaired) electrons. The summed E-state index contributed by atoms with van der Waals surface area (Å²) in [4.78, 5) is 11.3. The second kappa shape index (κ2) is 2.37. The van der Waals surface area contributed by atoms with Crippen LogP contribution < -0.4 is 0 Å². The number of rotatable bonds is 0. The predicted molar refractivity (Wildman–Crippen MR) is 50.1 cm³/mol. The van der Waals surface area contributed by atoms with Crippen LogP contribution in [0.2, 0.25) is 0 Å². The molecule has 72 valence electrons. The first-order chi connectivity index (χ1) is 5.94. The highest BCUT2D eigenvalue weighted by molar-refractivity contribution is 5.73. The maximum Gasteiger partial charge on any atom is 0.306 e. The summed E-state index contributed by atoms with van der Waals surface area (Å²) in [5.74, 6) is 0.307. The molecule has 0 aromatic rings. The second-order valence-corrected chi connectivity index (χ2v) is 4.97. The van der Waals surface area contributed by atoms with Crippen molar-refractivity contribution in [2.24, 2.45) is 11.3 Å². The van der Waals surface area contributed by atoms with Crippen LogP contribution in [-0.2, 0) is 9.53 Å². The van der Waals surface area contributed by atoms with Gasteiger partial charge in [0.15, 0.2) is 0 Å². The topological polar surface area (TPSA) is 26.3 Å². The Bertz CT molecular complexity index is 278. The van der Waals surface area contributed by atoms with Crippen molar-refractivity contribution in [3.8, 4) is 0 Å². The van der Waals surface area contributed by atoms with Crippen molar-refractivity contribution in [3.63, 3.8) is 0 Å². The Morgan fingerprint density at radius 1 is 1.46 bits per heavy atom. The smallest absolute Gasteiger partial charge is 0.306 e. The lowest BCUT2D eigenvalue weighted by Gasteiger charge is -2.41. The van der Waals surface area contributed by atoms with E-state index in [2.05, 4.69) is 26.0 Å². The Morgan fingerprint density at radius 3 is 2.77 bits per heavy atom. The summed E-state index contributed by atoms with van der Waals surface area (Å²) >= 11 is 0. The monoisotopic (exact) mass is 180 g/mol. The minimum absolute atomic E-state index is 0.0377. The van der Waals surface area contributed by atoms with Crippen LogP contribution in [0, 0.1) is 11.3 Å². The van der Waals surface area contributed by atoms with Gasteiger partial charge in [-0.1, -0.05) is 26.0 Å². The van der Waals surface area contributed by atoms with Crippen LogP contribution >= 0.6 is 0 Å². The first-order valence-electron chi connectivity index (χ1n) is 4.84. The van der Waals surface area contributed by atoms with E-state index in [0.717, 1.165) is 6.42 Å². The van der Waals surface area contributed by atoms with Crippen molar-refractivity contribution >= 4 is 5.97 Å². The molecular weight excluding hydrogens is 164 g/mol. The molecule has 2 heteroatoms. The number of carbonyl (C=O) groups is 1. The molecule has 2 aliphatic rings. The Labute approximate surface area is 79.0 Å². The molecule has 0 N–H and O–H groups in total. The van der Waals surface area contributed by atoms with Gasteiger partial charge in [-0.15, -0.1) is 0 Å². The fraction of sp³-hybridized carbons (Fsp3) is 0.727. The predicted octanol–water partition coefficient (Wildman–Crippen LogP) is 2.29. The fourth-order valence-corrected chi connectivity index (χ4v) is 2.70. The van der Waals surface area contributed by atoms with Gasteiger partial charge in [0.05, 0.1) is 6.42 Å². The van der Waals surface area contributed by atoms with E-state index in [9.17, 15) is 4.79 Å². The van der Waals surface area contributed by atoms with E-state index in [0.29, 0.717) is 12.3 Å². The SMILES string of the molecule is CC1(C)C=CCC2(C)OC(=O)CC12. The summed E-state index contributed by atoms with van der Waals surface area (Å²) in [6, 6.07) is 0. The lowest BCUT2D eigenvalue weighted by molar-refractivity contribution is -0.148. The normalized spacial score (nSPS) is 41.5. The first-order valence-corrected chi connectivity index (χ1v) is 4.84. The van der Waals surface area contributed by atoms with Gasteiger partial charge in [0.25, 0.3) is 0 Å². The number of hydrogen-bond acceptors (Lipinski definition) is 2. The Balaban J connectivity index is 2.38. The van der Waals surface area contributed by atoms with Gasteiger partial charge in [-0.2, -0.15) is 0 Å². The van der Waals surface area contributed by atoms with Crippen LogP contribution in [-0.4, -0.2) is 11.6 Å². The van der Waals surface area contributed by atoms with E-state index in [1.165, 1.54) is 0 Å². The Hall–Kier alpha value is -0.790. The zero-order valence-electron chi connectivity index (χ0n) is 8.46. The van der Waals surface area contributed by atoms with E-state index in [1.54, 1.807) is 0 Å². The highest BCUT2D eigenvalue weighted by Gasteiger charge is 2.52. The molecule has 0 saturated carbocycles. The molecule has 1 aliphatic heterocycles. The van der Waals surface area contributed by atoms with Gasteiger partial charge < -0.3 is 4.74 Å². The molecule has 2 atom stereocenters. The molecule has 2 unspecified atom stereocenters. The van der Waals surface area contributed by atoms with Crippen LogP contribution in [0.4, 0.5) is 0 Å². The van der Waals surface area contributed by atoms with Crippen molar-refractivity contribution < 1.29 is 9.53 Å². The number of fused-ring (bicyclic) bond motifs is 1. The van der Waals surface area contributed by atoms with E-state index < -0.39 is 0 Å². The Morgan fingerprint density at radius 2 is 2.15 bits per heavy atom. The average molecular weight is 180 g/mol. The van der Waals surface area contributed by atoms with Crippen molar-refractivity contribution in [2.75, 3.05) is 0 Å². The second-order valence-electron chi connectivity index (χ2n) is 4.97. The molecule has 0 aromatic heterocycles. The lowest BCUT2D eigenvalue weighted by atomic mass is 9.65. The molecule has 0 spiro atoms. The zero-order valence-corrected chi connectivity index (χ0v) is 8.46.